The Hall–Kier alpha value is -4.58. The minimum atomic E-state index is -0.469. The van der Waals surface area contributed by atoms with E-state index in [4.69, 9.17) is 18.9 Å². The lowest BCUT2D eigenvalue weighted by molar-refractivity contribution is -0.136. The third-order valence-corrected chi connectivity index (χ3v) is 9.43. The Balaban J connectivity index is 1.25. The van der Waals surface area contributed by atoms with Crippen molar-refractivity contribution in [2.24, 2.45) is 11.3 Å². The van der Waals surface area contributed by atoms with E-state index in [2.05, 4.69) is 71.0 Å². The van der Waals surface area contributed by atoms with E-state index in [-0.39, 0.29) is 28.8 Å². The summed E-state index contributed by atoms with van der Waals surface area (Å²) in [5.74, 6) is 2.17. The summed E-state index contributed by atoms with van der Waals surface area (Å²) in [5, 5.41) is 0. The van der Waals surface area contributed by atoms with Gasteiger partial charge in [-0.05, 0) is 101 Å². The molecular weight excluding hydrogens is 588 g/mol. The number of hydrogen-bond acceptors (Lipinski definition) is 6. The first kappa shape index (κ1) is 33.8. The number of esters is 2. The van der Waals surface area contributed by atoms with Crippen molar-refractivity contribution < 1.29 is 28.5 Å². The lowest BCUT2D eigenvalue weighted by atomic mass is 9.55. The maximum Gasteiger partial charge on any atom is 0.349 e. The molecule has 246 valence electrons. The van der Waals surface area contributed by atoms with Crippen LogP contribution in [0.25, 0.3) is 0 Å². The lowest BCUT2D eigenvalue weighted by Crippen LogP contribution is -2.41. The van der Waals surface area contributed by atoms with Gasteiger partial charge in [0.15, 0.2) is 6.61 Å². The van der Waals surface area contributed by atoms with Gasteiger partial charge in [-0.2, -0.15) is 0 Å². The van der Waals surface area contributed by atoms with E-state index in [9.17, 15) is 9.59 Å². The maximum atomic E-state index is 12.7. The van der Waals surface area contributed by atoms with Crippen LogP contribution in [0.3, 0.4) is 0 Å². The molecular formula is C41H46O6. The molecule has 0 bridgehead atoms. The van der Waals surface area contributed by atoms with E-state index in [0.29, 0.717) is 23.2 Å². The maximum absolute atomic E-state index is 12.7. The molecule has 1 aliphatic rings. The van der Waals surface area contributed by atoms with Crippen LogP contribution < -0.4 is 18.9 Å². The summed E-state index contributed by atoms with van der Waals surface area (Å²) < 4.78 is 22.0. The number of rotatable bonds is 10. The molecule has 1 fully saturated rings. The first-order valence-electron chi connectivity index (χ1n) is 16.3. The predicted molar refractivity (Wildman–Crippen MR) is 184 cm³/mol. The number of hydrogen-bond donors (Lipinski definition) is 0. The molecule has 0 heterocycles. The van der Waals surface area contributed by atoms with Crippen LogP contribution in [0.4, 0.5) is 0 Å². The summed E-state index contributed by atoms with van der Waals surface area (Å²) in [7, 11) is 1.66. The van der Waals surface area contributed by atoms with Crippen molar-refractivity contribution in [2.75, 3.05) is 13.7 Å². The SMILES string of the molecule is COc1ccc(C(C)(C)c2ccc(OC(=O)COc3ccc(C4(c5ccc(OC(C)=O)cc5)CC(C)CC(C)(C)C4)cc3)cc2)cc1. The van der Waals surface area contributed by atoms with Gasteiger partial charge in [0.2, 0.25) is 0 Å². The van der Waals surface area contributed by atoms with Gasteiger partial charge in [0, 0.05) is 17.8 Å². The Labute approximate surface area is 279 Å². The largest absolute Gasteiger partial charge is 0.497 e. The van der Waals surface area contributed by atoms with Gasteiger partial charge >= 0.3 is 11.9 Å². The molecule has 6 nitrogen and oxygen atoms in total. The smallest absolute Gasteiger partial charge is 0.349 e. The average Bonchev–Trinajstić information content (AvgIpc) is 3.03. The zero-order chi connectivity index (χ0) is 33.8. The van der Waals surface area contributed by atoms with Crippen molar-refractivity contribution in [1.29, 1.82) is 0 Å². The fourth-order valence-corrected chi connectivity index (χ4v) is 7.47. The van der Waals surface area contributed by atoms with E-state index in [1.54, 1.807) is 7.11 Å². The fraction of sp³-hybridized carbons (Fsp3) is 0.366. The van der Waals surface area contributed by atoms with Crippen molar-refractivity contribution in [2.45, 2.75) is 71.6 Å². The minimum absolute atomic E-state index is 0.148. The Morgan fingerprint density at radius 1 is 0.702 bits per heavy atom. The highest BCUT2D eigenvalue weighted by Crippen LogP contribution is 2.53. The van der Waals surface area contributed by atoms with E-state index in [1.165, 1.54) is 18.1 Å². The van der Waals surface area contributed by atoms with Crippen molar-refractivity contribution in [1.82, 2.24) is 0 Å². The lowest BCUT2D eigenvalue weighted by Gasteiger charge is -2.48. The van der Waals surface area contributed by atoms with Gasteiger partial charge < -0.3 is 18.9 Å². The number of ether oxygens (including phenoxy) is 4. The second-order valence-electron chi connectivity index (χ2n) is 14.2. The third kappa shape index (κ3) is 7.87. The normalized spacial score (nSPS) is 19.0. The van der Waals surface area contributed by atoms with Crippen LogP contribution >= 0.6 is 0 Å². The van der Waals surface area contributed by atoms with Crippen LogP contribution in [0.5, 0.6) is 23.0 Å². The van der Waals surface area contributed by atoms with E-state index >= 15 is 0 Å². The monoisotopic (exact) mass is 634 g/mol. The predicted octanol–water partition coefficient (Wildman–Crippen LogP) is 9.06. The Bertz CT molecular complexity index is 1670. The first-order valence-corrected chi connectivity index (χ1v) is 16.3. The van der Waals surface area contributed by atoms with Crippen LogP contribution in [0.1, 0.15) is 83.1 Å². The summed E-state index contributed by atoms with van der Waals surface area (Å²) in [4.78, 5) is 24.2. The molecule has 2 unspecified atom stereocenters. The van der Waals surface area contributed by atoms with Crippen LogP contribution in [0.15, 0.2) is 97.1 Å². The second-order valence-corrected chi connectivity index (χ2v) is 14.2. The van der Waals surface area contributed by atoms with Crippen molar-refractivity contribution in [3.05, 3.63) is 119 Å². The number of methoxy groups -OCH3 is 1. The average molecular weight is 635 g/mol. The topological polar surface area (TPSA) is 71.1 Å². The first-order chi connectivity index (χ1) is 22.3. The van der Waals surface area contributed by atoms with Gasteiger partial charge in [0.25, 0.3) is 0 Å². The van der Waals surface area contributed by atoms with Crippen molar-refractivity contribution >= 4 is 11.9 Å². The Morgan fingerprint density at radius 3 is 1.66 bits per heavy atom. The highest BCUT2D eigenvalue weighted by atomic mass is 16.6. The van der Waals surface area contributed by atoms with Gasteiger partial charge in [-0.25, -0.2) is 4.79 Å². The molecule has 5 rings (SSSR count). The van der Waals surface area contributed by atoms with Gasteiger partial charge in [0.05, 0.1) is 7.11 Å². The van der Waals surface area contributed by atoms with E-state index < -0.39 is 5.97 Å². The molecule has 4 aromatic rings. The molecule has 2 atom stereocenters. The zero-order valence-electron chi connectivity index (χ0n) is 28.6. The summed E-state index contributed by atoms with van der Waals surface area (Å²) in [6, 6.07) is 31.7. The molecule has 1 saturated carbocycles. The summed E-state index contributed by atoms with van der Waals surface area (Å²) >= 11 is 0. The molecule has 0 radical (unpaired) electrons. The molecule has 6 heteroatoms. The number of carbonyl (C=O) groups excluding carboxylic acids is 2. The summed E-state index contributed by atoms with van der Waals surface area (Å²) in [6.45, 7) is 12.5. The summed E-state index contributed by atoms with van der Waals surface area (Å²) in [6.07, 6.45) is 3.15. The second kappa shape index (κ2) is 13.6. The van der Waals surface area contributed by atoms with E-state index in [1.807, 2.05) is 60.7 Å². The van der Waals surface area contributed by atoms with Gasteiger partial charge in [0.1, 0.15) is 23.0 Å². The molecule has 0 N–H and O–H groups in total. The zero-order valence-corrected chi connectivity index (χ0v) is 28.6. The van der Waals surface area contributed by atoms with Crippen LogP contribution in [0.2, 0.25) is 0 Å². The molecule has 0 spiro atoms. The van der Waals surface area contributed by atoms with Crippen LogP contribution in [0, 0.1) is 11.3 Å². The van der Waals surface area contributed by atoms with Crippen molar-refractivity contribution in [3.8, 4) is 23.0 Å². The van der Waals surface area contributed by atoms with Gasteiger partial charge in [-0.15, -0.1) is 0 Å². The Kier molecular flexibility index (Phi) is 9.81. The third-order valence-electron chi connectivity index (χ3n) is 9.43. The van der Waals surface area contributed by atoms with Gasteiger partial charge in [-0.3, -0.25) is 4.79 Å². The standard InChI is InChI=1S/C41H46O6/c1-28-24-39(3,4)27-41(25-28,33-14-22-36(23-15-33)46-29(2)42)32-12-18-35(19-13-32)45-26-38(43)47-37-20-10-31(11-21-37)40(5,6)30-8-16-34(44-7)17-9-30/h8-23,28H,24-27H2,1-7H3. The van der Waals surface area contributed by atoms with E-state index in [0.717, 1.165) is 36.1 Å². The molecule has 47 heavy (non-hydrogen) atoms. The molecule has 1 aliphatic carbocycles. The summed E-state index contributed by atoms with van der Waals surface area (Å²) in [5.41, 5.74) is 4.37. The van der Waals surface area contributed by atoms with Gasteiger partial charge in [-0.1, -0.05) is 83.1 Å². The molecule has 0 aliphatic heterocycles. The molecule has 0 amide bonds. The quantitative estimate of drug-likeness (QED) is 0.128. The van der Waals surface area contributed by atoms with Crippen LogP contribution in [-0.4, -0.2) is 25.7 Å². The molecule has 0 saturated heterocycles. The molecule has 4 aromatic carbocycles. The Morgan fingerprint density at radius 2 is 1.17 bits per heavy atom. The number of carbonyl (C=O) groups is 2. The minimum Gasteiger partial charge on any atom is -0.497 e. The highest BCUT2D eigenvalue weighted by Gasteiger charge is 2.45. The number of benzene rings is 4. The van der Waals surface area contributed by atoms with Crippen LogP contribution in [-0.2, 0) is 20.4 Å². The fourth-order valence-electron chi connectivity index (χ4n) is 7.47. The highest BCUT2D eigenvalue weighted by molar-refractivity contribution is 5.74. The molecule has 0 aromatic heterocycles. The van der Waals surface area contributed by atoms with Crippen molar-refractivity contribution in [3.63, 3.8) is 0 Å².